The van der Waals surface area contributed by atoms with Gasteiger partial charge in [0.1, 0.15) is 0 Å². The normalized spacial score (nSPS) is 10.2. The van der Waals surface area contributed by atoms with Crippen LogP contribution in [0.1, 0.15) is 21.5 Å². The average Bonchev–Trinajstić information content (AvgIpc) is 2.60. The van der Waals surface area contributed by atoms with E-state index in [2.05, 4.69) is 10.9 Å². The van der Waals surface area contributed by atoms with E-state index in [0.717, 1.165) is 0 Å². The van der Waals surface area contributed by atoms with Crippen molar-refractivity contribution in [3.05, 3.63) is 75.3 Å². The van der Waals surface area contributed by atoms with Gasteiger partial charge in [-0.1, -0.05) is 41.4 Å². The Balaban J connectivity index is 1.98. The van der Waals surface area contributed by atoms with E-state index >= 15 is 0 Å². The summed E-state index contributed by atoms with van der Waals surface area (Å²) < 4.78 is 0. The lowest BCUT2D eigenvalue weighted by atomic mass is 10.1. The lowest BCUT2D eigenvalue weighted by Gasteiger charge is -2.07. The number of benzene rings is 2. The minimum Gasteiger partial charge on any atom is -0.268 e. The highest BCUT2D eigenvalue weighted by molar-refractivity contribution is 6.35. The maximum Gasteiger partial charge on any atom is 0.271 e. The fourth-order valence-corrected chi connectivity index (χ4v) is 2.18. The molecule has 0 fully saturated rings. The van der Waals surface area contributed by atoms with Gasteiger partial charge < -0.3 is 0 Å². The van der Waals surface area contributed by atoms with Crippen molar-refractivity contribution in [2.75, 3.05) is 0 Å². The molecule has 2 amide bonds. The quantitative estimate of drug-likeness (QED) is 0.651. The smallest absolute Gasteiger partial charge is 0.268 e. The summed E-state index contributed by atoms with van der Waals surface area (Å²) in [5, 5.41) is 9.53. The first-order chi connectivity index (χ1) is 11.5. The van der Waals surface area contributed by atoms with Crippen LogP contribution in [0.4, 0.5) is 0 Å². The molecule has 0 unspecified atom stereocenters. The Morgan fingerprint density at radius 3 is 2.58 bits per heavy atom. The molecule has 0 saturated heterocycles. The summed E-state index contributed by atoms with van der Waals surface area (Å²) in [7, 11) is 0. The van der Waals surface area contributed by atoms with Gasteiger partial charge in [0.05, 0.1) is 22.2 Å². The topological polar surface area (TPSA) is 82.0 Å². The predicted octanol–water partition coefficient (Wildman–Crippen LogP) is 3.34. The molecule has 2 N–H and O–H groups in total. The van der Waals surface area contributed by atoms with Crippen LogP contribution < -0.4 is 10.9 Å². The summed E-state index contributed by atoms with van der Waals surface area (Å²) in [6, 6.07) is 13.3. The zero-order valence-electron chi connectivity index (χ0n) is 12.2. The third kappa shape index (κ3) is 4.59. The molecule has 0 heterocycles. The number of hydrogen-bond acceptors (Lipinski definition) is 3. The number of nitrogens with one attached hydrogen (secondary N) is 2. The predicted molar refractivity (Wildman–Crippen MR) is 92.3 cm³/mol. The van der Waals surface area contributed by atoms with Gasteiger partial charge in [-0.3, -0.25) is 20.4 Å². The Morgan fingerprint density at radius 1 is 1.08 bits per heavy atom. The van der Waals surface area contributed by atoms with Crippen LogP contribution in [0, 0.1) is 11.3 Å². The third-order valence-electron chi connectivity index (χ3n) is 2.97. The minimum absolute atomic E-state index is 0.142. The van der Waals surface area contributed by atoms with E-state index in [4.69, 9.17) is 28.5 Å². The second-order valence-electron chi connectivity index (χ2n) is 4.60. The Labute approximate surface area is 148 Å². The van der Waals surface area contributed by atoms with Gasteiger partial charge in [0.2, 0.25) is 0 Å². The van der Waals surface area contributed by atoms with Crippen LogP contribution in [0.3, 0.4) is 0 Å². The molecule has 0 aliphatic carbocycles. The number of nitriles is 1. The van der Waals surface area contributed by atoms with Gasteiger partial charge in [0.15, 0.2) is 0 Å². The number of rotatable bonds is 3. The van der Waals surface area contributed by atoms with Crippen LogP contribution >= 0.6 is 23.2 Å². The highest BCUT2D eigenvalue weighted by Crippen LogP contribution is 2.20. The van der Waals surface area contributed by atoms with Crippen molar-refractivity contribution in [2.45, 2.75) is 0 Å². The molecule has 24 heavy (non-hydrogen) atoms. The number of hydrogen-bond donors (Lipinski definition) is 2. The van der Waals surface area contributed by atoms with Gasteiger partial charge in [0, 0.05) is 11.1 Å². The third-order valence-corrected chi connectivity index (χ3v) is 3.53. The van der Waals surface area contributed by atoms with Gasteiger partial charge in [-0.2, -0.15) is 5.26 Å². The van der Waals surface area contributed by atoms with E-state index in [0.29, 0.717) is 16.1 Å². The molecule has 0 bridgehead atoms. The SMILES string of the molecule is N#Cc1ccccc1/C=C/C(=O)NNC(=O)c1cc(Cl)ccc1Cl. The maximum absolute atomic E-state index is 12.0. The fourth-order valence-electron chi connectivity index (χ4n) is 1.81. The average molecular weight is 360 g/mol. The molecule has 0 radical (unpaired) electrons. The number of carbonyl (C=O) groups is 2. The molecule has 0 saturated carbocycles. The van der Waals surface area contributed by atoms with Crippen molar-refractivity contribution in [1.29, 1.82) is 5.26 Å². The summed E-state index contributed by atoms with van der Waals surface area (Å²) in [6.07, 6.45) is 2.68. The Bertz CT molecular complexity index is 857. The first kappa shape index (κ1) is 17.5. The molecule has 0 aliphatic heterocycles. The molecule has 0 atom stereocenters. The van der Waals surface area contributed by atoms with E-state index in [9.17, 15) is 9.59 Å². The largest absolute Gasteiger partial charge is 0.271 e. The number of nitrogens with zero attached hydrogens (tertiary/aromatic N) is 1. The van der Waals surface area contributed by atoms with E-state index in [1.807, 2.05) is 6.07 Å². The Hall–Kier alpha value is -2.81. The number of carbonyl (C=O) groups excluding carboxylic acids is 2. The van der Waals surface area contributed by atoms with E-state index in [1.165, 1.54) is 24.3 Å². The zero-order chi connectivity index (χ0) is 17.5. The lowest BCUT2D eigenvalue weighted by molar-refractivity contribution is -0.117. The summed E-state index contributed by atoms with van der Waals surface area (Å²) in [5.41, 5.74) is 5.64. The maximum atomic E-state index is 12.0. The standard InChI is InChI=1S/C17H11Cl2N3O2/c18-13-6-7-15(19)14(9-13)17(24)22-21-16(23)8-5-11-3-1-2-4-12(11)10-20/h1-9H,(H,21,23)(H,22,24)/b8-5+. The second kappa shape index (κ2) is 8.16. The summed E-state index contributed by atoms with van der Waals surface area (Å²) in [5.74, 6) is -1.16. The summed E-state index contributed by atoms with van der Waals surface area (Å²) >= 11 is 11.7. The highest BCUT2D eigenvalue weighted by Gasteiger charge is 2.11. The summed E-state index contributed by atoms with van der Waals surface area (Å²) in [4.78, 5) is 23.7. The molecule has 0 aliphatic rings. The van der Waals surface area contributed by atoms with Crippen LogP contribution in [0.5, 0.6) is 0 Å². The summed E-state index contributed by atoms with van der Waals surface area (Å²) in [6.45, 7) is 0. The van der Waals surface area contributed by atoms with Gasteiger partial charge in [-0.15, -0.1) is 0 Å². The molecule has 2 aromatic rings. The van der Waals surface area contributed by atoms with Crippen molar-refractivity contribution < 1.29 is 9.59 Å². The monoisotopic (exact) mass is 359 g/mol. The minimum atomic E-state index is -0.596. The zero-order valence-corrected chi connectivity index (χ0v) is 13.7. The fraction of sp³-hybridized carbons (Fsp3) is 0. The Kier molecular flexibility index (Phi) is 5.96. The van der Waals surface area contributed by atoms with Crippen LogP contribution in [0.15, 0.2) is 48.5 Å². The van der Waals surface area contributed by atoms with Gasteiger partial charge in [-0.25, -0.2) is 0 Å². The highest BCUT2D eigenvalue weighted by atomic mass is 35.5. The van der Waals surface area contributed by atoms with Crippen molar-refractivity contribution in [2.24, 2.45) is 0 Å². The molecule has 120 valence electrons. The van der Waals surface area contributed by atoms with Crippen molar-refractivity contribution in [3.8, 4) is 6.07 Å². The van der Waals surface area contributed by atoms with E-state index < -0.39 is 11.8 Å². The lowest BCUT2D eigenvalue weighted by Crippen LogP contribution is -2.40. The number of hydrazine groups is 1. The molecule has 2 aromatic carbocycles. The molecule has 0 spiro atoms. The van der Waals surface area contributed by atoms with Crippen LogP contribution in [-0.4, -0.2) is 11.8 Å². The molecule has 2 rings (SSSR count). The second-order valence-corrected chi connectivity index (χ2v) is 5.44. The van der Waals surface area contributed by atoms with Crippen LogP contribution in [0.2, 0.25) is 10.0 Å². The van der Waals surface area contributed by atoms with Gasteiger partial charge in [0.25, 0.3) is 11.8 Å². The van der Waals surface area contributed by atoms with E-state index in [1.54, 1.807) is 30.3 Å². The molecule has 0 aromatic heterocycles. The molecular weight excluding hydrogens is 349 g/mol. The van der Waals surface area contributed by atoms with Crippen molar-refractivity contribution >= 4 is 41.1 Å². The van der Waals surface area contributed by atoms with E-state index in [-0.39, 0.29) is 10.6 Å². The number of amides is 2. The van der Waals surface area contributed by atoms with Crippen molar-refractivity contribution in [1.82, 2.24) is 10.9 Å². The number of halogens is 2. The first-order valence-electron chi connectivity index (χ1n) is 6.74. The molecular formula is C17H11Cl2N3O2. The Morgan fingerprint density at radius 2 is 1.83 bits per heavy atom. The van der Waals surface area contributed by atoms with Crippen molar-refractivity contribution in [3.63, 3.8) is 0 Å². The van der Waals surface area contributed by atoms with Gasteiger partial charge in [-0.05, 0) is 35.9 Å². The first-order valence-corrected chi connectivity index (χ1v) is 7.49. The van der Waals surface area contributed by atoms with Crippen LogP contribution in [0.25, 0.3) is 6.08 Å². The van der Waals surface area contributed by atoms with Crippen LogP contribution in [-0.2, 0) is 4.79 Å². The molecule has 7 heteroatoms. The van der Waals surface area contributed by atoms with Gasteiger partial charge >= 0.3 is 0 Å². The molecule has 5 nitrogen and oxygen atoms in total.